The van der Waals surface area contributed by atoms with Crippen LogP contribution < -0.4 is 15.6 Å². The van der Waals surface area contributed by atoms with Gasteiger partial charge in [0.2, 0.25) is 20.0 Å². The van der Waals surface area contributed by atoms with E-state index in [1.54, 1.807) is 4.90 Å². The highest BCUT2D eigenvalue weighted by Gasteiger charge is 2.45. The minimum atomic E-state index is -3.42. The lowest BCUT2D eigenvalue weighted by molar-refractivity contribution is -0.0274. The van der Waals surface area contributed by atoms with Gasteiger partial charge < -0.3 is 15.0 Å². The lowest BCUT2D eigenvalue weighted by Crippen LogP contribution is -2.69. The number of amides is 1. The molecule has 4 aliphatic heterocycles. The smallest absolute Gasteiger partial charge is 0.410 e. The van der Waals surface area contributed by atoms with Gasteiger partial charge in [0.15, 0.2) is 0 Å². The Labute approximate surface area is 208 Å². The van der Waals surface area contributed by atoms with Crippen molar-refractivity contribution in [2.45, 2.75) is 49.0 Å². The fourth-order valence-electron chi connectivity index (χ4n) is 3.64. The molecule has 0 aromatic rings. The summed E-state index contributed by atoms with van der Waals surface area (Å²) in [4.78, 5) is 17.5. The van der Waals surface area contributed by atoms with Crippen molar-refractivity contribution in [1.29, 1.82) is 0 Å². The molecule has 196 valence electrons. The van der Waals surface area contributed by atoms with Gasteiger partial charge >= 0.3 is 6.09 Å². The molecule has 1 amide bonds. The highest BCUT2D eigenvalue weighted by atomic mass is 35.5. The Hall–Kier alpha value is -0.450. The second kappa shape index (κ2) is 11.1. The average Bonchev–Trinajstić information content (AvgIpc) is 2.36. The summed E-state index contributed by atoms with van der Waals surface area (Å²) < 4.78 is 49.1. The molecule has 0 atom stereocenters. The summed E-state index contributed by atoms with van der Waals surface area (Å²) in [5.74, 6) is 0. The molecule has 12 nitrogen and oxygen atoms in total. The van der Waals surface area contributed by atoms with Crippen molar-refractivity contribution >= 4 is 51.0 Å². The molecule has 0 aliphatic carbocycles. The number of nitrogens with one attached hydrogen (secondary N) is 1. The molecule has 0 aromatic carbocycles. The number of sulfonamides is 2. The van der Waals surface area contributed by atoms with Crippen LogP contribution in [-0.2, 0) is 24.8 Å². The van der Waals surface area contributed by atoms with Crippen molar-refractivity contribution in [3.8, 4) is 0 Å². The molecule has 16 heteroatoms. The zero-order valence-electron chi connectivity index (χ0n) is 19.0. The first kappa shape index (κ1) is 30.6. The van der Waals surface area contributed by atoms with E-state index >= 15 is 0 Å². The van der Waals surface area contributed by atoms with E-state index in [2.05, 4.69) is 10.2 Å². The van der Waals surface area contributed by atoms with E-state index < -0.39 is 30.9 Å². The largest absolute Gasteiger partial charge is 0.444 e. The number of nitrogens with zero attached hydrogens (tertiary/aromatic N) is 3. The van der Waals surface area contributed by atoms with Crippen LogP contribution in [0.1, 0.15) is 20.8 Å². The van der Waals surface area contributed by atoms with Crippen LogP contribution in [0.25, 0.3) is 0 Å². The number of ether oxygens (including phenoxy) is 1. The lowest BCUT2D eigenvalue weighted by atomic mass is 10.0. The predicted molar refractivity (Wildman–Crippen MR) is 130 cm³/mol. The number of nitrogens with two attached hydrogens (primary N) is 2. The van der Waals surface area contributed by atoms with Gasteiger partial charge in [-0.05, 0) is 20.8 Å². The zero-order valence-corrected chi connectivity index (χ0v) is 22.3. The molecular formula is C17H36Cl2N6O6S2. The summed E-state index contributed by atoms with van der Waals surface area (Å²) >= 11 is 0. The quantitative estimate of drug-likeness (QED) is 0.368. The second-order valence-electron chi connectivity index (χ2n) is 9.68. The van der Waals surface area contributed by atoms with E-state index in [0.29, 0.717) is 45.3 Å². The van der Waals surface area contributed by atoms with Gasteiger partial charge in [-0.2, -0.15) is 0 Å². The zero-order chi connectivity index (χ0) is 23.2. The molecule has 4 rings (SSSR count). The number of halogens is 2. The first-order valence-electron chi connectivity index (χ1n) is 10.3. The highest BCUT2D eigenvalue weighted by Crippen LogP contribution is 2.25. The molecule has 4 heterocycles. The summed E-state index contributed by atoms with van der Waals surface area (Å²) in [5.41, 5.74) is -0.488. The molecule has 0 spiro atoms. The van der Waals surface area contributed by atoms with Gasteiger partial charge in [-0.15, -0.1) is 24.8 Å². The number of primary sulfonamides is 2. The van der Waals surface area contributed by atoms with Crippen LogP contribution in [0.15, 0.2) is 0 Å². The maximum absolute atomic E-state index is 11.7. The Morgan fingerprint density at radius 3 is 1.52 bits per heavy atom. The van der Waals surface area contributed by atoms with Crippen LogP contribution in [0.2, 0.25) is 0 Å². The number of carbonyl (C=O) groups excluding carboxylic acids is 1. The SMILES string of the molecule is CC(C)(C)OC(=O)N1CC(N2CC(S(N)(=O)=O)C2)C1.Cl.Cl.NS(=O)(=O)C1CN(C2CNC2)C1. The van der Waals surface area contributed by atoms with Gasteiger partial charge in [0, 0.05) is 64.4 Å². The number of hydrogen-bond donors (Lipinski definition) is 3. The molecule has 4 fully saturated rings. The van der Waals surface area contributed by atoms with Gasteiger partial charge in [0.25, 0.3) is 0 Å². The summed E-state index contributed by atoms with van der Waals surface area (Å²) in [7, 11) is -6.70. The standard InChI is InChI=1S/C11H21N3O4S.C6H13N3O2S.2ClH/c1-11(2,3)18-10(15)14-4-8(5-14)13-6-9(7-13)19(12,16)17;7-12(10,11)6-3-9(4-6)5-1-8-2-5;;/h8-9H,4-7H2,1-3H3,(H2,12,16,17);5-6,8H,1-4H2,(H2,7,10,11);2*1H. The van der Waals surface area contributed by atoms with Crippen molar-refractivity contribution in [2.24, 2.45) is 10.3 Å². The third-order valence-corrected chi connectivity index (χ3v) is 8.44. The molecule has 0 bridgehead atoms. The van der Waals surface area contributed by atoms with Crippen LogP contribution in [-0.4, -0.2) is 118 Å². The Kier molecular flexibility index (Phi) is 10.3. The molecule has 5 N–H and O–H groups in total. The van der Waals surface area contributed by atoms with Crippen LogP contribution in [0.3, 0.4) is 0 Å². The van der Waals surface area contributed by atoms with Crippen LogP contribution in [0.4, 0.5) is 4.79 Å². The highest BCUT2D eigenvalue weighted by molar-refractivity contribution is 7.90. The molecule has 0 unspecified atom stereocenters. The topological polar surface area (TPSA) is 168 Å². The predicted octanol–water partition coefficient (Wildman–Crippen LogP) is -1.65. The maximum atomic E-state index is 11.7. The second-order valence-corrected chi connectivity index (χ2v) is 13.4. The molecule has 33 heavy (non-hydrogen) atoms. The van der Waals surface area contributed by atoms with E-state index in [9.17, 15) is 21.6 Å². The Morgan fingerprint density at radius 1 is 0.818 bits per heavy atom. The van der Waals surface area contributed by atoms with Gasteiger partial charge in [0.05, 0.1) is 0 Å². The third-order valence-electron chi connectivity index (χ3n) is 5.99. The van der Waals surface area contributed by atoms with Gasteiger partial charge in [-0.1, -0.05) is 0 Å². The Morgan fingerprint density at radius 2 is 1.21 bits per heavy atom. The van der Waals surface area contributed by atoms with Crippen LogP contribution in [0, 0.1) is 0 Å². The summed E-state index contributed by atoms with van der Waals surface area (Å²) in [6.45, 7) is 10.8. The minimum absolute atomic E-state index is 0. The molecule has 4 saturated heterocycles. The van der Waals surface area contributed by atoms with Crippen molar-refractivity contribution < 1.29 is 26.4 Å². The number of carbonyl (C=O) groups is 1. The molecule has 4 aliphatic rings. The van der Waals surface area contributed by atoms with Crippen LogP contribution >= 0.6 is 24.8 Å². The minimum Gasteiger partial charge on any atom is -0.444 e. The molecule has 0 aromatic heterocycles. The number of hydrogen-bond acceptors (Lipinski definition) is 9. The van der Waals surface area contributed by atoms with Crippen molar-refractivity contribution in [1.82, 2.24) is 20.0 Å². The first-order chi connectivity index (χ1) is 14.1. The number of likely N-dealkylation sites (tertiary alicyclic amines) is 3. The fraction of sp³-hybridized carbons (Fsp3) is 0.941. The van der Waals surface area contributed by atoms with Crippen LogP contribution in [0.5, 0.6) is 0 Å². The van der Waals surface area contributed by atoms with Gasteiger partial charge in [-0.25, -0.2) is 31.9 Å². The van der Waals surface area contributed by atoms with Crippen molar-refractivity contribution in [3.63, 3.8) is 0 Å². The molecular weight excluding hydrogens is 519 g/mol. The normalized spacial score (nSPS) is 23.4. The lowest BCUT2D eigenvalue weighted by Gasteiger charge is -2.50. The van der Waals surface area contributed by atoms with E-state index in [1.165, 1.54) is 0 Å². The van der Waals surface area contributed by atoms with Crippen molar-refractivity contribution in [3.05, 3.63) is 0 Å². The Bertz CT molecular complexity index is 878. The summed E-state index contributed by atoms with van der Waals surface area (Å²) in [6, 6.07) is 0.772. The Balaban J connectivity index is 0.000000338. The monoisotopic (exact) mass is 554 g/mol. The van der Waals surface area contributed by atoms with E-state index in [4.69, 9.17) is 15.0 Å². The summed E-state index contributed by atoms with van der Waals surface area (Å²) in [5, 5.41) is 12.4. The van der Waals surface area contributed by atoms with E-state index in [1.807, 2.05) is 25.7 Å². The molecule has 0 saturated carbocycles. The number of rotatable bonds is 4. The average molecular weight is 556 g/mol. The molecule has 0 radical (unpaired) electrons. The first-order valence-corrected chi connectivity index (χ1v) is 13.6. The summed E-state index contributed by atoms with van der Waals surface area (Å²) in [6.07, 6.45) is -0.313. The van der Waals surface area contributed by atoms with E-state index in [-0.39, 0.29) is 42.2 Å². The fourth-order valence-corrected chi connectivity index (χ4v) is 5.24. The van der Waals surface area contributed by atoms with Gasteiger partial charge in [0.1, 0.15) is 16.1 Å². The van der Waals surface area contributed by atoms with E-state index in [0.717, 1.165) is 13.1 Å². The maximum Gasteiger partial charge on any atom is 0.410 e. The van der Waals surface area contributed by atoms with Crippen molar-refractivity contribution in [2.75, 3.05) is 52.4 Å². The third kappa shape index (κ3) is 8.04. The van der Waals surface area contributed by atoms with Gasteiger partial charge in [-0.3, -0.25) is 9.80 Å².